The van der Waals surface area contributed by atoms with Crippen molar-refractivity contribution < 1.29 is 0 Å². The van der Waals surface area contributed by atoms with E-state index in [-0.39, 0.29) is 0 Å². The summed E-state index contributed by atoms with van der Waals surface area (Å²) in [5.74, 6) is 0. The van der Waals surface area contributed by atoms with Crippen LogP contribution in [-0.2, 0) is 6.54 Å². The number of benzene rings is 1. The van der Waals surface area contributed by atoms with Crippen LogP contribution in [0.5, 0.6) is 0 Å². The van der Waals surface area contributed by atoms with Gasteiger partial charge in [0.2, 0.25) is 0 Å². The molecule has 2 aliphatic rings. The molecular weight excluding hydrogens is 324 g/mol. The van der Waals surface area contributed by atoms with Gasteiger partial charge >= 0.3 is 0 Å². The zero-order valence-electron chi connectivity index (χ0n) is 15.3. The third-order valence-corrected chi connectivity index (χ3v) is 4.95. The van der Waals surface area contributed by atoms with E-state index < -0.39 is 0 Å². The summed E-state index contributed by atoms with van der Waals surface area (Å²) < 4.78 is 0. The first kappa shape index (κ1) is 16.8. The number of nitrogens with one attached hydrogen (secondary N) is 3. The molecule has 2 aliphatic heterocycles. The molecule has 136 valence electrons. The Morgan fingerprint density at radius 2 is 2.00 bits per heavy atom. The molecule has 1 aromatic heterocycles. The van der Waals surface area contributed by atoms with Crippen molar-refractivity contribution in [2.24, 2.45) is 0 Å². The van der Waals surface area contributed by atoms with E-state index >= 15 is 0 Å². The third-order valence-electron chi connectivity index (χ3n) is 4.95. The van der Waals surface area contributed by atoms with Gasteiger partial charge in [-0.25, -0.2) is 0 Å². The molecule has 0 radical (unpaired) electrons. The van der Waals surface area contributed by atoms with Crippen LogP contribution < -0.4 is 16.0 Å². The van der Waals surface area contributed by atoms with Crippen LogP contribution >= 0.6 is 0 Å². The van der Waals surface area contributed by atoms with Crippen LogP contribution in [0.25, 0.3) is 11.0 Å². The van der Waals surface area contributed by atoms with E-state index in [9.17, 15) is 0 Å². The van der Waals surface area contributed by atoms with Crippen molar-refractivity contribution in [1.29, 1.82) is 0 Å². The van der Waals surface area contributed by atoms with Crippen LogP contribution in [0.2, 0.25) is 0 Å². The first-order valence-corrected chi connectivity index (χ1v) is 9.34. The molecule has 1 saturated heterocycles. The van der Waals surface area contributed by atoms with Crippen molar-refractivity contribution >= 4 is 11.0 Å². The zero-order valence-corrected chi connectivity index (χ0v) is 15.3. The van der Waals surface area contributed by atoms with Gasteiger partial charge in [-0.05, 0) is 43.2 Å². The lowest BCUT2D eigenvalue weighted by Crippen LogP contribution is -2.36. The summed E-state index contributed by atoms with van der Waals surface area (Å²) in [5.41, 5.74) is 7.00. The smallest absolute Gasteiger partial charge is 0.0890 e. The Balaban J connectivity index is 1.50. The molecule has 0 bridgehead atoms. The quantitative estimate of drug-likeness (QED) is 0.781. The van der Waals surface area contributed by atoms with Crippen LogP contribution in [0.1, 0.15) is 18.9 Å². The predicted octanol–water partition coefficient (Wildman–Crippen LogP) is 1.73. The van der Waals surface area contributed by atoms with Gasteiger partial charge in [-0.1, -0.05) is 6.07 Å². The van der Waals surface area contributed by atoms with E-state index in [1.807, 2.05) is 6.07 Å². The molecule has 1 aromatic carbocycles. The van der Waals surface area contributed by atoms with Crippen molar-refractivity contribution in [3.05, 3.63) is 59.3 Å². The summed E-state index contributed by atoms with van der Waals surface area (Å²) in [6, 6.07) is 6.26. The number of aromatic nitrogens is 2. The number of nitrogens with zero attached hydrogens (tertiary/aromatic N) is 3. The molecule has 0 aliphatic carbocycles. The number of hydrogen-bond acceptors (Lipinski definition) is 6. The van der Waals surface area contributed by atoms with E-state index in [1.54, 1.807) is 12.4 Å². The molecule has 2 aromatic rings. The molecule has 6 heteroatoms. The van der Waals surface area contributed by atoms with Crippen LogP contribution in [0.15, 0.2) is 53.8 Å². The summed E-state index contributed by atoms with van der Waals surface area (Å²) in [7, 11) is 0. The van der Waals surface area contributed by atoms with Gasteiger partial charge in [-0.3, -0.25) is 9.97 Å². The normalized spacial score (nSPS) is 18.3. The van der Waals surface area contributed by atoms with E-state index in [4.69, 9.17) is 0 Å². The Hall–Kier alpha value is -2.60. The molecule has 3 heterocycles. The molecule has 0 spiro atoms. The van der Waals surface area contributed by atoms with E-state index in [2.05, 4.69) is 56.1 Å². The molecular formula is C20H26N6. The SMILES string of the molecule is CC1=C(N2CCCNCC2)C(NCc2ccc3nccnc3c2)=CNC1. The molecule has 0 saturated carbocycles. The number of fused-ring (bicyclic) bond motifs is 1. The Kier molecular flexibility index (Phi) is 5.02. The maximum Gasteiger partial charge on any atom is 0.0890 e. The van der Waals surface area contributed by atoms with Gasteiger partial charge in [0, 0.05) is 51.3 Å². The predicted molar refractivity (Wildman–Crippen MR) is 104 cm³/mol. The average Bonchev–Trinajstić information content (AvgIpc) is 2.95. The van der Waals surface area contributed by atoms with Gasteiger partial charge in [0.1, 0.15) is 0 Å². The minimum Gasteiger partial charge on any atom is -0.385 e. The highest BCUT2D eigenvalue weighted by molar-refractivity contribution is 5.74. The van der Waals surface area contributed by atoms with E-state index in [0.717, 1.165) is 50.3 Å². The first-order valence-electron chi connectivity index (χ1n) is 9.34. The van der Waals surface area contributed by atoms with Crippen molar-refractivity contribution in [2.75, 3.05) is 32.7 Å². The molecule has 0 atom stereocenters. The van der Waals surface area contributed by atoms with Crippen LogP contribution in [0, 0.1) is 0 Å². The Morgan fingerprint density at radius 3 is 2.92 bits per heavy atom. The second kappa shape index (κ2) is 7.74. The van der Waals surface area contributed by atoms with Gasteiger partial charge in [0.15, 0.2) is 0 Å². The van der Waals surface area contributed by atoms with Crippen LogP contribution in [0.4, 0.5) is 0 Å². The largest absolute Gasteiger partial charge is 0.385 e. The minimum atomic E-state index is 0.767. The fourth-order valence-electron chi connectivity index (χ4n) is 3.65. The molecule has 6 nitrogen and oxygen atoms in total. The average molecular weight is 350 g/mol. The summed E-state index contributed by atoms with van der Waals surface area (Å²) in [6.45, 7) is 8.20. The lowest BCUT2D eigenvalue weighted by Gasteiger charge is -2.32. The molecule has 0 amide bonds. The van der Waals surface area contributed by atoms with Gasteiger partial charge in [0.05, 0.1) is 22.4 Å². The monoisotopic (exact) mass is 350 g/mol. The second-order valence-corrected chi connectivity index (χ2v) is 6.89. The summed E-state index contributed by atoms with van der Waals surface area (Å²) >= 11 is 0. The molecule has 0 unspecified atom stereocenters. The topological polar surface area (TPSA) is 65.1 Å². The Labute approximate surface area is 154 Å². The fraction of sp³-hybridized carbons (Fsp3) is 0.400. The van der Waals surface area contributed by atoms with Crippen LogP contribution in [-0.4, -0.2) is 47.6 Å². The number of dihydropyridines is 1. The van der Waals surface area contributed by atoms with Crippen molar-refractivity contribution in [3.63, 3.8) is 0 Å². The van der Waals surface area contributed by atoms with Gasteiger partial charge in [0.25, 0.3) is 0 Å². The Morgan fingerprint density at radius 1 is 1.12 bits per heavy atom. The third kappa shape index (κ3) is 3.65. The first-order chi connectivity index (χ1) is 12.8. The highest BCUT2D eigenvalue weighted by Crippen LogP contribution is 2.22. The molecule has 3 N–H and O–H groups in total. The van der Waals surface area contributed by atoms with Gasteiger partial charge in [-0.15, -0.1) is 0 Å². The van der Waals surface area contributed by atoms with Crippen molar-refractivity contribution in [3.8, 4) is 0 Å². The highest BCUT2D eigenvalue weighted by atomic mass is 15.2. The van der Waals surface area contributed by atoms with Crippen molar-refractivity contribution in [1.82, 2.24) is 30.8 Å². The van der Waals surface area contributed by atoms with Gasteiger partial charge < -0.3 is 20.9 Å². The molecule has 26 heavy (non-hydrogen) atoms. The summed E-state index contributed by atoms with van der Waals surface area (Å²) in [6.07, 6.45) is 6.77. The maximum absolute atomic E-state index is 4.41. The molecule has 4 rings (SSSR count). The Bertz CT molecular complexity index is 833. The van der Waals surface area contributed by atoms with E-state index in [1.165, 1.54) is 29.0 Å². The van der Waals surface area contributed by atoms with Crippen molar-refractivity contribution in [2.45, 2.75) is 19.9 Å². The lowest BCUT2D eigenvalue weighted by molar-refractivity contribution is 0.361. The fourth-order valence-corrected chi connectivity index (χ4v) is 3.65. The number of hydrogen-bond donors (Lipinski definition) is 3. The maximum atomic E-state index is 4.41. The second-order valence-electron chi connectivity index (χ2n) is 6.89. The van der Waals surface area contributed by atoms with Gasteiger partial charge in [-0.2, -0.15) is 0 Å². The summed E-state index contributed by atoms with van der Waals surface area (Å²) in [5, 5.41) is 10.5. The number of rotatable bonds is 4. The molecule has 1 fully saturated rings. The summed E-state index contributed by atoms with van der Waals surface area (Å²) in [4.78, 5) is 11.3. The van der Waals surface area contributed by atoms with E-state index in [0.29, 0.717) is 0 Å². The zero-order chi connectivity index (χ0) is 17.8. The lowest BCUT2D eigenvalue weighted by atomic mass is 10.1. The minimum absolute atomic E-state index is 0.767. The van der Waals surface area contributed by atoms with Crippen LogP contribution in [0.3, 0.4) is 0 Å². The highest BCUT2D eigenvalue weighted by Gasteiger charge is 2.20. The standard InChI is InChI=1S/C20H26N6/c1-15-12-22-14-19(20(15)26-9-2-5-21-8-10-26)25-13-16-3-4-17-18(11-16)24-7-6-23-17/h3-4,6-7,11,14,21-22,25H,2,5,8-10,12-13H2,1H3.